The molecule has 0 spiro atoms. The Bertz CT molecular complexity index is 2610. The van der Waals surface area contributed by atoms with Gasteiger partial charge >= 0.3 is 0 Å². The Balaban J connectivity index is 1.51. The van der Waals surface area contributed by atoms with Crippen LogP contribution in [0.2, 0.25) is 0 Å². The third-order valence-corrected chi connectivity index (χ3v) is 17.3. The van der Waals surface area contributed by atoms with Crippen molar-refractivity contribution in [3.05, 3.63) is 23.8 Å². The molecule has 0 aliphatic carbocycles. The van der Waals surface area contributed by atoms with Crippen molar-refractivity contribution in [2.24, 2.45) is 17.6 Å². The lowest BCUT2D eigenvalue weighted by Crippen LogP contribution is -2.58. The number of nitrogens with zero attached hydrogens (tertiary/aromatic N) is 2. The van der Waals surface area contributed by atoms with Gasteiger partial charge in [-0.3, -0.25) is 67.8 Å². The van der Waals surface area contributed by atoms with E-state index in [0.29, 0.717) is 59.7 Å². The van der Waals surface area contributed by atoms with Crippen LogP contribution in [0, 0.1) is 11.8 Å². The van der Waals surface area contributed by atoms with Gasteiger partial charge in [0.2, 0.25) is 74.2 Å². The molecule has 438 valence electrons. The van der Waals surface area contributed by atoms with Gasteiger partial charge in [-0.1, -0.05) is 40.0 Å². The molecule has 11 atom stereocenters. The first-order chi connectivity index (χ1) is 38.0. The van der Waals surface area contributed by atoms with E-state index in [-0.39, 0.29) is 48.6 Å². The van der Waals surface area contributed by atoms with Gasteiger partial charge in [-0.25, -0.2) is 0 Å². The number of aliphatic hydroxyl groups is 3. The van der Waals surface area contributed by atoms with Crippen LogP contribution >= 0.6 is 21.9 Å². The molecule has 5 rings (SSSR count). The Kier molecular flexibility index (Phi) is 25.1. The number of primary amides is 1. The number of rotatable bonds is 23. The Morgan fingerprint density at radius 3 is 2.30 bits per heavy atom. The quantitative estimate of drug-likeness (QED) is 0.0298. The first-order valence-electron chi connectivity index (χ1n) is 26.6. The van der Waals surface area contributed by atoms with E-state index in [0.717, 1.165) is 29.5 Å². The minimum atomic E-state index is -1.66. The Labute approximate surface area is 478 Å². The van der Waals surface area contributed by atoms with E-state index in [4.69, 9.17) is 10.5 Å². The van der Waals surface area contributed by atoms with Gasteiger partial charge in [0.15, 0.2) is 5.78 Å². The standard InChI is InChI=1S/C51H75N11O15S2.Al/c1-6-25(2)43-47(73)55-20-40(68)56-35(46(72)58-34(18-39(52)67)50(75)62-22-28(65)15-36(62)27(4)64)24-79-49-31(17-33(45(71)54-21-41(69)60-43)57-48(74)44(53-5)26(3)37(66)23-63)30-12-11-29(16-32(30)59-49)77-14-10-8-7-9-13-61-42(70)19-38(78)51(61)76;/h11-12,16,25-26,28,33-38,43-44,53,59,63,65-66,78H,6-10,13-15,17-24H2,1-5H3,(H2,52,67)(H,54,71)(H,55,73)(H,56,68)(H,57,74)(H,58,72)(H,60,69);/q;+1/p-1. The number of ketones is 1. The minimum Gasteiger partial charge on any atom is -0.494 e. The van der Waals surface area contributed by atoms with E-state index >= 15 is 0 Å². The van der Waals surface area contributed by atoms with Gasteiger partial charge in [0.05, 0.1) is 72.8 Å². The monoisotopic (exact) mass is 1170 g/mol. The molecule has 1 aromatic heterocycles. The van der Waals surface area contributed by atoms with Gasteiger partial charge in [0, 0.05) is 55.5 Å². The van der Waals surface area contributed by atoms with Crippen LogP contribution in [0.4, 0.5) is 0 Å². The molecule has 2 aromatic rings. The number of hydrogen-bond acceptors (Lipinski definition) is 18. The zero-order valence-corrected chi connectivity index (χ0v) is 48.3. The van der Waals surface area contributed by atoms with Gasteiger partial charge in [-0.2, -0.15) is 0 Å². The topological polar surface area (TPSA) is 390 Å². The lowest BCUT2D eigenvalue weighted by atomic mass is 9.94. The molecule has 2 radical (unpaired) electrons. The van der Waals surface area contributed by atoms with Crippen molar-refractivity contribution < 1.29 is 72.8 Å². The maximum absolute atomic E-state index is 14.5. The van der Waals surface area contributed by atoms with Gasteiger partial charge in [0.25, 0.3) is 0 Å². The SMILES string of the molecule is CCC(C)C1NC(=O)CNC(=O)C(NC(=O)C(NC)C(C)C(O)CO)Cc2c([nH]c3cc(OCCCCCCN4C(=O)CC([S][Al])C4=O)ccc23)SCC(C(=O)NC(CC(N)=O)C(=O)N2CC(O)CC2C(C)=O)NC(=O)CNC1=O. The molecule has 26 nitrogen and oxygen atoms in total. The summed E-state index contributed by atoms with van der Waals surface area (Å²) in [6.45, 7) is 4.56. The summed E-state index contributed by atoms with van der Waals surface area (Å²) in [5.41, 5.74) is 6.42. The number of amides is 10. The number of fused-ring (bicyclic) bond motifs is 3. The second kappa shape index (κ2) is 30.9. The number of carbonyl (C=O) groups excluding carboxylic acids is 11. The molecule has 29 heteroatoms. The summed E-state index contributed by atoms with van der Waals surface area (Å²) < 4.78 is 6.14. The number of ether oxygens (including phenoxy) is 1. The number of β-amino-alcohol motifs (C(OH)–C–C–N with tert-alkyl or cyclic N) is 1. The molecule has 3 aliphatic heterocycles. The van der Waals surface area contributed by atoms with Crippen LogP contribution in [-0.4, -0.2) is 216 Å². The van der Waals surface area contributed by atoms with Crippen molar-refractivity contribution in [3.63, 3.8) is 0 Å². The second-order valence-electron chi connectivity index (χ2n) is 20.3. The number of aromatic amines is 1. The van der Waals surface area contributed by atoms with E-state index in [9.17, 15) is 68.1 Å². The molecule has 80 heavy (non-hydrogen) atoms. The fraction of sp³-hybridized carbons (Fsp3) is 0.627. The molecule has 13 N–H and O–H groups in total. The average Bonchev–Trinajstić information content (AvgIpc) is 4.08. The highest BCUT2D eigenvalue weighted by Gasteiger charge is 2.42. The normalized spacial score (nSPS) is 23.5. The predicted molar refractivity (Wildman–Crippen MR) is 294 cm³/mol. The second-order valence-corrected chi connectivity index (χ2v) is 23.0. The third-order valence-electron chi connectivity index (χ3n) is 14.5. The number of imide groups is 1. The van der Waals surface area contributed by atoms with E-state index in [1.165, 1.54) is 35.9 Å². The summed E-state index contributed by atoms with van der Waals surface area (Å²) >= 11 is 3.41. The molecule has 10 amide bonds. The smallest absolute Gasteiger partial charge is 0.246 e. The number of benzene rings is 1. The summed E-state index contributed by atoms with van der Waals surface area (Å²) in [5.74, 6) is -8.95. The summed E-state index contributed by atoms with van der Waals surface area (Å²) in [6.07, 6.45) is -0.174. The van der Waals surface area contributed by atoms with Gasteiger partial charge < -0.3 is 72.9 Å². The molecule has 4 heterocycles. The molecule has 0 bridgehead atoms. The number of carbonyl (C=O) groups is 11. The van der Waals surface area contributed by atoms with E-state index < -0.39 is 139 Å². The largest absolute Gasteiger partial charge is 0.494 e. The lowest BCUT2D eigenvalue weighted by Gasteiger charge is -2.29. The minimum absolute atomic E-state index is 0.0804. The number of Topliss-reactive ketones (excluding diaryl/α,β-unsaturated/α-hetero) is 1. The summed E-state index contributed by atoms with van der Waals surface area (Å²) in [5, 5.41) is 49.4. The zero-order valence-electron chi connectivity index (χ0n) is 45.5. The van der Waals surface area contributed by atoms with Crippen LogP contribution in [-0.2, 0) is 59.2 Å². The highest BCUT2D eigenvalue weighted by molar-refractivity contribution is 8.20. The van der Waals surface area contributed by atoms with E-state index in [2.05, 4.69) is 57.4 Å². The maximum atomic E-state index is 14.5. The van der Waals surface area contributed by atoms with Gasteiger partial charge in [-0.05, 0) is 50.4 Å². The molecule has 0 saturated carbocycles. The van der Waals surface area contributed by atoms with E-state index in [1.807, 2.05) is 0 Å². The third kappa shape index (κ3) is 17.6. The molecule has 3 aliphatic rings. The average molecular weight is 1170 g/mol. The predicted octanol–water partition coefficient (Wildman–Crippen LogP) is -3.08. The highest BCUT2D eigenvalue weighted by atomic mass is 32.3. The number of thioether (sulfide) groups is 1. The van der Waals surface area contributed by atoms with Crippen LogP contribution in [0.5, 0.6) is 5.75 Å². The number of nitrogens with one attached hydrogen (secondary N) is 8. The number of unbranched alkanes of at least 4 members (excludes halogenated alkanes) is 3. The van der Waals surface area contributed by atoms with Crippen molar-refractivity contribution >= 4 is 113 Å². The van der Waals surface area contributed by atoms with Gasteiger partial charge in [0.1, 0.15) is 29.9 Å². The summed E-state index contributed by atoms with van der Waals surface area (Å²) in [6, 6.07) is -2.98. The lowest BCUT2D eigenvalue weighted by molar-refractivity contribution is -0.142. The fourth-order valence-corrected chi connectivity index (χ4v) is 11.9. The molecule has 1 aromatic carbocycles. The van der Waals surface area contributed by atoms with Crippen molar-refractivity contribution in [2.45, 2.75) is 144 Å². The van der Waals surface area contributed by atoms with Crippen LogP contribution < -0.4 is 47.7 Å². The van der Waals surface area contributed by atoms with E-state index in [1.54, 1.807) is 32.0 Å². The number of nitrogens with two attached hydrogens (primary N) is 1. The molecule has 2 fully saturated rings. The number of likely N-dealkylation sites (N-methyl/N-ethyl adjacent to an activating group) is 1. The Morgan fingerprint density at radius 2 is 1.66 bits per heavy atom. The summed E-state index contributed by atoms with van der Waals surface area (Å²) in [4.78, 5) is 153. The maximum Gasteiger partial charge on any atom is 0.246 e. The highest BCUT2D eigenvalue weighted by Crippen LogP contribution is 2.34. The van der Waals surface area contributed by atoms with Crippen molar-refractivity contribution in [1.29, 1.82) is 0 Å². The molecular weight excluding hydrogens is 1100 g/mol. The number of aromatic nitrogens is 1. The summed E-state index contributed by atoms with van der Waals surface area (Å²) in [7, 11) is 2.74. The fourth-order valence-electron chi connectivity index (χ4n) is 9.64. The van der Waals surface area contributed by atoms with Crippen molar-refractivity contribution in [3.8, 4) is 5.75 Å². The van der Waals surface area contributed by atoms with Crippen molar-refractivity contribution in [1.82, 2.24) is 52.0 Å². The molecule has 2 saturated heterocycles. The number of hydrogen-bond donors (Lipinski definition) is 12. The zero-order chi connectivity index (χ0) is 59.0. The first-order valence-corrected chi connectivity index (χ1v) is 29.9. The molecule has 11 unspecified atom stereocenters. The van der Waals surface area contributed by atoms with Gasteiger partial charge in [-0.15, -0.1) is 11.8 Å². The number of H-pyrrole nitrogens is 1. The first kappa shape index (κ1) is 65.0. The number of aliphatic hydroxyl groups excluding tert-OH is 3. The van der Waals surface area contributed by atoms with Crippen LogP contribution in [0.3, 0.4) is 0 Å². The molecular formula is C51H74AlN11O15S2. The van der Waals surface area contributed by atoms with Crippen LogP contribution in [0.1, 0.15) is 84.6 Å². The van der Waals surface area contributed by atoms with Crippen molar-refractivity contribution in [2.75, 3.05) is 52.2 Å². The number of likely N-dealkylation sites (tertiary alicyclic amines) is 2. The van der Waals surface area contributed by atoms with Crippen LogP contribution in [0.25, 0.3) is 10.9 Å². The Morgan fingerprint density at radius 1 is 0.975 bits per heavy atom. The Hall–Kier alpha value is -5.80. The van der Waals surface area contributed by atoms with Crippen LogP contribution in [0.15, 0.2) is 23.2 Å².